The lowest BCUT2D eigenvalue weighted by molar-refractivity contribution is -0.148. The summed E-state index contributed by atoms with van der Waals surface area (Å²) in [5.74, 6) is 0. The number of nitrogens with one attached hydrogen (secondary N) is 1. The zero-order valence-corrected chi connectivity index (χ0v) is 14.1. The SMILES string of the molecule is Cl.Cl.Nc1ccc(Cl)cc1[C@@H](CC(F)(F)F)N1CCNCC1. The zero-order valence-electron chi connectivity index (χ0n) is 11.7. The molecule has 128 valence electrons. The topological polar surface area (TPSA) is 41.3 Å². The summed E-state index contributed by atoms with van der Waals surface area (Å²) in [6, 6.07) is 3.90. The van der Waals surface area contributed by atoms with Crippen LogP contribution >= 0.6 is 36.4 Å². The third-order valence-corrected chi connectivity index (χ3v) is 3.66. The summed E-state index contributed by atoms with van der Waals surface area (Å²) in [5, 5.41) is 3.53. The van der Waals surface area contributed by atoms with Crippen LogP contribution < -0.4 is 11.1 Å². The van der Waals surface area contributed by atoms with E-state index in [-0.39, 0.29) is 24.8 Å². The van der Waals surface area contributed by atoms with Gasteiger partial charge in [0.05, 0.1) is 6.42 Å². The van der Waals surface area contributed by atoms with Gasteiger partial charge in [-0.3, -0.25) is 4.90 Å². The van der Waals surface area contributed by atoms with Crippen LogP contribution in [-0.4, -0.2) is 37.3 Å². The molecule has 0 saturated carbocycles. The molecule has 2 rings (SSSR count). The van der Waals surface area contributed by atoms with Gasteiger partial charge < -0.3 is 11.1 Å². The Bertz CT molecular complexity index is 466. The van der Waals surface area contributed by atoms with Crippen molar-refractivity contribution in [2.24, 2.45) is 0 Å². The van der Waals surface area contributed by atoms with Gasteiger partial charge in [-0.05, 0) is 23.8 Å². The molecular formula is C13H19Cl3F3N3. The number of alkyl halides is 3. The third-order valence-electron chi connectivity index (χ3n) is 3.42. The maximum atomic E-state index is 12.9. The minimum atomic E-state index is -4.25. The summed E-state index contributed by atoms with van der Waals surface area (Å²) in [5.41, 5.74) is 6.65. The molecule has 1 aromatic carbocycles. The van der Waals surface area contributed by atoms with Crippen molar-refractivity contribution in [3.05, 3.63) is 28.8 Å². The maximum Gasteiger partial charge on any atom is 0.390 e. The average Bonchev–Trinajstić information content (AvgIpc) is 2.39. The molecule has 0 spiro atoms. The van der Waals surface area contributed by atoms with Crippen LogP contribution in [0.5, 0.6) is 0 Å². The van der Waals surface area contributed by atoms with Crippen LogP contribution in [0.25, 0.3) is 0 Å². The quantitative estimate of drug-likeness (QED) is 0.786. The minimum absolute atomic E-state index is 0. The first-order valence-corrected chi connectivity index (χ1v) is 6.81. The molecule has 0 aromatic heterocycles. The Balaban J connectivity index is 0.00000220. The number of nitrogens with two attached hydrogens (primary N) is 1. The number of rotatable bonds is 3. The van der Waals surface area contributed by atoms with Crippen molar-refractivity contribution < 1.29 is 13.2 Å². The van der Waals surface area contributed by atoms with Crippen LogP contribution in [0, 0.1) is 0 Å². The van der Waals surface area contributed by atoms with E-state index >= 15 is 0 Å². The van der Waals surface area contributed by atoms with E-state index in [9.17, 15) is 13.2 Å². The molecule has 1 aliphatic heterocycles. The second-order valence-electron chi connectivity index (χ2n) is 4.89. The normalized spacial score (nSPS) is 17.3. The molecule has 1 fully saturated rings. The third kappa shape index (κ3) is 6.01. The van der Waals surface area contributed by atoms with Crippen LogP contribution in [0.3, 0.4) is 0 Å². The highest BCUT2D eigenvalue weighted by atomic mass is 35.5. The molecule has 3 N–H and O–H groups in total. The zero-order chi connectivity index (χ0) is 14.8. The summed E-state index contributed by atoms with van der Waals surface area (Å²) in [4.78, 5) is 1.81. The van der Waals surface area contributed by atoms with E-state index in [1.54, 1.807) is 12.1 Å². The summed E-state index contributed by atoms with van der Waals surface area (Å²) < 4.78 is 38.6. The molecule has 9 heteroatoms. The molecule has 1 aliphatic rings. The highest BCUT2D eigenvalue weighted by molar-refractivity contribution is 6.30. The minimum Gasteiger partial charge on any atom is -0.398 e. The molecule has 22 heavy (non-hydrogen) atoms. The first kappa shape index (κ1) is 21.6. The predicted octanol–water partition coefficient (Wildman–Crippen LogP) is 3.66. The van der Waals surface area contributed by atoms with Crippen molar-refractivity contribution in [2.45, 2.75) is 18.6 Å². The number of hydrogen-bond acceptors (Lipinski definition) is 3. The lowest BCUT2D eigenvalue weighted by Gasteiger charge is -2.36. The average molecular weight is 381 g/mol. The monoisotopic (exact) mass is 379 g/mol. The van der Waals surface area contributed by atoms with Crippen LogP contribution in [0.1, 0.15) is 18.0 Å². The lowest BCUT2D eigenvalue weighted by Crippen LogP contribution is -2.46. The second-order valence-corrected chi connectivity index (χ2v) is 5.33. The number of benzene rings is 1. The molecule has 1 atom stereocenters. The highest BCUT2D eigenvalue weighted by Gasteiger charge is 2.36. The highest BCUT2D eigenvalue weighted by Crippen LogP contribution is 2.37. The molecule has 1 aromatic rings. The van der Waals surface area contributed by atoms with E-state index in [4.69, 9.17) is 17.3 Å². The molecule has 1 heterocycles. The van der Waals surface area contributed by atoms with Gasteiger partial charge in [-0.1, -0.05) is 11.6 Å². The summed E-state index contributed by atoms with van der Waals surface area (Å²) >= 11 is 5.90. The smallest absolute Gasteiger partial charge is 0.390 e. The van der Waals surface area contributed by atoms with Gasteiger partial charge in [0, 0.05) is 42.9 Å². The van der Waals surface area contributed by atoms with E-state index in [2.05, 4.69) is 5.32 Å². The first-order chi connectivity index (χ1) is 9.37. The Hall–Kier alpha value is -0.400. The molecule has 0 aliphatic carbocycles. The van der Waals surface area contributed by atoms with Crippen molar-refractivity contribution in [3.63, 3.8) is 0 Å². The van der Waals surface area contributed by atoms with Gasteiger partial charge >= 0.3 is 6.18 Å². The van der Waals surface area contributed by atoms with E-state index in [0.717, 1.165) is 0 Å². The summed E-state index contributed by atoms with van der Waals surface area (Å²) in [6.07, 6.45) is -5.16. The Morgan fingerprint density at radius 1 is 1.23 bits per heavy atom. The van der Waals surface area contributed by atoms with Gasteiger partial charge in [0.15, 0.2) is 0 Å². The molecular weight excluding hydrogens is 362 g/mol. The standard InChI is InChI=1S/C13H17ClF3N3.2ClH/c14-9-1-2-11(18)10(7-9)12(8-13(15,16)17)20-5-3-19-4-6-20;;/h1-2,7,12,19H,3-6,8,18H2;2*1H/t12-;;/m1../s1. The van der Waals surface area contributed by atoms with E-state index in [1.165, 1.54) is 6.07 Å². The number of hydrogen-bond donors (Lipinski definition) is 2. The predicted molar refractivity (Wildman–Crippen MR) is 88.2 cm³/mol. The first-order valence-electron chi connectivity index (χ1n) is 6.43. The van der Waals surface area contributed by atoms with Crippen molar-refractivity contribution in [1.29, 1.82) is 0 Å². The van der Waals surface area contributed by atoms with Crippen molar-refractivity contribution in [2.75, 3.05) is 31.9 Å². The molecule has 0 amide bonds. The number of nitrogens with zero attached hydrogens (tertiary/aromatic N) is 1. The molecule has 0 radical (unpaired) electrons. The Labute approximate surface area is 145 Å². The van der Waals surface area contributed by atoms with Crippen molar-refractivity contribution in [1.82, 2.24) is 10.2 Å². The number of halogens is 6. The van der Waals surface area contributed by atoms with Gasteiger partial charge in [0.25, 0.3) is 0 Å². The van der Waals surface area contributed by atoms with Crippen LogP contribution in [0.15, 0.2) is 18.2 Å². The fourth-order valence-corrected chi connectivity index (χ4v) is 2.66. The Kier molecular flexibility index (Phi) is 8.87. The van der Waals surface area contributed by atoms with Crippen molar-refractivity contribution in [3.8, 4) is 0 Å². The van der Waals surface area contributed by atoms with Crippen LogP contribution in [-0.2, 0) is 0 Å². The van der Waals surface area contributed by atoms with Crippen LogP contribution in [0.2, 0.25) is 5.02 Å². The molecule has 0 unspecified atom stereocenters. The number of anilines is 1. The second kappa shape index (κ2) is 9.03. The van der Waals surface area contributed by atoms with Gasteiger partial charge in [-0.25, -0.2) is 0 Å². The molecule has 0 bridgehead atoms. The fourth-order valence-electron chi connectivity index (χ4n) is 2.48. The Morgan fingerprint density at radius 3 is 2.36 bits per heavy atom. The molecule has 3 nitrogen and oxygen atoms in total. The van der Waals surface area contributed by atoms with E-state index in [0.29, 0.717) is 42.5 Å². The van der Waals surface area contributed by atoms with Gasteiger partial charge in [-0.2, -0.15) is 13.2 Å². The number of nitrogen functional groups attached to an aromatic ring is 1. The van der Waals surface area contributed by atoms with E-state index < -0.39 is 18.6 Å². The summed E-state index contributed by atoms with van der Waals surface area (Å²) in [7, 11) is 0. The maximum absolute atomic E-state index is 12.9. The number of piperazine rings is 1. The Morgan fingerprint density at radius 2 is 1.82 bits per heavy atom. The largest absolute Gasteiger partial charge is 0.398 e. The van der Waals surface area contributed by atoms with Gasteiger partial charge in [0.1, 0.15) is 0 Å². The van der Waals surface area contributed by atoms with Crippen LogP contribution in [0.4, 0.5) is 18.9 Å². The summed E-state index contributed by atoms with van der Waals surface area (Å²) in [6.45, 7) is 2.48. The molecule has 1 saturated heterocycles. The lowest BCUT2D eigenvalue weighted by atomic mass is 9.99. The van der Waals surface area contributed by atoms with Crippen molar-refractivity contribution >= 4 is 42.1 Å². The van der Waals surface area contributed by atoms with E-state index in [1.807, 2.05) is 4.90 Å². The van der Waals surface area contributed by atoms with Gasteiger partial charge in [0.2, 0.25) is 0 Å². The fraction of sp³-hybridized carbons (Fsp3) is 0.538. The van der Waals surface area contributed by atoms with Gasteiger partial charge in [-0.15, -0.1) is 24.8 Å².